The zero-order chi connectivity index (χ0) is 13.5. The third kappa shape index (κ3) is 1.75. The third-order valence-electron chi connectivity index (χ3n) is 2.29. The maximum absolute atomic E-state index is 12.9. The molecule has 0 aliphatic rings. The molecule has 2 aromatic rings. The Bertz CT molecular complexity index is 728. The molecule has 0 spiro atoms. The molecule has 0 atom stereocenters. The second kappa shape index (κ2) is 3.73. The molecule has 0 amide bonds. The van der Waals surface area contributed by atoms with Gasteiger partial charge in [0.1, 0.15) is 5.58 Å². The van der Waals surface area contributed by atoms with Crippen molar-refractivity contribution in [2.24, 2.45) is 0 Å². The zero-order valence-corrected chi connectivity index (χ0v) is 8.65. The summed E-state index contributed by atoms with van der Waals surface area (Å²) < 4.78 is 43.2. The lowest BCUT2D eigenvalue weighted by Crippen LogP contribution is -2.12. The number of halogens is 3. The molecule has 1 aromatic heterocycles. The van der Waals surface area contributed by atoms with E-state index >= 15 is 0 Å². The van der Waals surface area contributed by atoms with E-state index in [1.807, 2.05) is 0 Å². The fourth-order valence-electron chi connectivity index (χ4n) is 1.59. The molecular formula is C10H5F3N3O2+. The van der Waals surface area contributed by atoms with Gasteiger partial charge in [0.15, 0.2) is 10.5 Å². The minimum Gasteiger partial charge on any atom is -0.417 e. The Balaban J connectivity index is 3.04. The van der Waals surface area contributed by atoms with Crippen molar-refractivity contribution in [2.45, 2.75) is 6.18 Å². The van der Waals surface area contributed by atoms with Crippen molar-refractivity contribution in [1.82, 2.24) is 0 Å². The molecule has 1 heterocycles. The average Bonchev–Trinajstić information content (AvgIpc) is 2.25. The van der Waals surface area contributed by atoms with E-state index < -0.39 is 28.4 Å². The quantitative estimate of drug-likeness (QED) is 0.446. The van der Waals surface area contributed by atoms with Gasteiger partial charge in [-0.25, -0.2) is 4.79 Å². The molecule has 0 saturated carbocycles. The molecule has 2 N–H and O–H groups in total. The van der Waals surface area contributed by atoms with E-state index in [-0.39, 0.29) is 11.3 Å². The van der Waals surface area contributed by atoms with Crippen LogP contribution >= 0.6 is 0 Å². The Morgan fingerprint density at radius 3 is 2.56 bits per heavy atom. The molecule has 18 heavy (non-hydrogen) atoms. The number of nitrogens with two attached hydrogens (primary N) is 1. The molecule has 0 radical (unpaired) electrons. The van der Waals surface area contributed by atoms with Crippen molar-refractivity contribution in [3.05, 3.63) is 39.2 Å². The number of hydrogen-bond acceptors (Lipinski definition) is 4. The van der Waals surface area contributed by atoms with Crippen LogP contribution in [0.5, 0.6) is 0 Å². The molecular weight excluding hydrogens is 251 g/mol. The minimum absolute atomic E-state index is 0.146. The van der Waals surface area contributed by atoms with Crippen molar-refractivity contribution in [3.63, 3.8) is 0 Å². The Hall–Kier alpha value is -2.56. The van der Waals surface area contributed by atoms with Crippen molar-refractivity contribution < 1.29 is 17.6 Å². The smallest absolute Gasteiger partial charge is 0.417 e. The van der Waals surface area contributed by atoms with E-state index in [0.717, 1.165) is 12.1 Å². The molecule has 0 unspecified atom stereocenters. The van der Waals surface area contributed by atoms with Crippen LogP contribution in [0.4, 0.5) is 24.5 Å². The maximum atomic E-state index is 12.9. The van der Waals surface area contributed by atoms with Crippen molar-refractivity contribution in [1.29, 1.82) is 5.39 Å². The van der Waals surface area contributed by atoms with Crippen LogP contribution in [0.25, 0.3) is 15.9 Å². The minimum atomic E-state index is -4.86. The molecule has 5 nitrogen and oxygen atoms in total. The van der Waals surface area contributed by atoms with Crippen LogP contribution in [0.1, 0.15) is 5.56 Å². The molecule has 0 aliphatic heterocycles. The highest BCUT2D eigenvalue weighted by Crippen LogP contribution is 2.39. The van der Waals surface area contributed by atoms with Gasteiger partial charge >= 0.3 is 17.5 Å². The summed E-state index contributed by atoms with van der Waals surface area (Å²) in [6.07, 6.45) is -4.86. The second-order valence-electron chi connectivity index (χ2n) is 3.47. The van der Waals surface area contributed by atoms with Crippen molar-refractivity contribution >= 4 is 22.3 Å². The topological polar surface area (TPSA) is 84.4 Å². The lowest BCUT2D eigenvalue weighted by molar-refractivity contribution is -0.135. The summed E-state index contributed by atoms with van der Waals surface area (Å²) in [7, 11) is 0. The van der Waals surface area contributed by atoms with Crippen LogP contribution in [-0.4, -0.2) is 0 Å². The number of nitrogen functional groups attached to an aromatic ring is 1. The van der Waals surface area contributed by atoms with Crippen LogP contribution in [0, 0.1) is 5.39 Å². The first-order valence-electron chi connectivity index (χ1n) is 4.63. The molecule has 92 valence electrons. The molecule has 1 aromatic carbocycles. The first kappa shape index (κ1) is 11.9. The summed E-state index contributed by atoms with van der Waals surface area (Å²) in [6.45, 7) is 0. The summed E-state index contributed by atoms with van der Waals surface area (Å²) in [5, 5.41) is 8.12. The average molecular weight is 256 g/mol. The lowest BCUT2D eigenvalue weighted by atomic mass is 10.1. The van der Waals surface area contributed by atoms with Gasteiger partial charge in [-0.05, 0) is 12.1 Å². The van der Waals surface area contributed by atoms with Gasteiger partial charge < -0.3 is 10.2 Å². The first-order valence-corrected chi connectivity index (χ1v) is 4.63. The van der Waals surface area contributed by atoms with Crippen LogP contribution in [0.3, 0.4) is 0 Å². The Morgan fingerprint density at radius 2 is 2.00 bits per heavy atom. The van der Waals surface area contributed by atoms with Crippen LogP contribution < -0.4 is 11.4 Å². The highest BCUT2D eigenvalue weighted by Gasteiger charge is 2.44. The normalized spacial score (nSPS) is 11.4. The van der Waals surface area contributed by atoms with Gasteiger partial charge in [-0.15, -0.1) is 0 Å². The fraction of sp³-hybridized carbons (Fsp3) is 0.100. The number of alkyl halides is 3. The van der Waals surface area contributed by atoms with Gasteiger partial charge in [0, 0.05) is 17.1 Å². The van der Waals surface area contributed by atoms with Crippen LogP contribution in [-0.2, 0) is 6.18 Å². The van der Waals surface area contributed by atoms with E-state index in [1.54, 1.807) is 0 Å². The summed E-state index contributed by atoms with van der Waals surface area (Å²) >= 11 is 0. The van der Waals surface area contributed by atoms with E-state index in [2.05, 4.69) is 9.39 Å². The largest absolute Gasteiger partial charge is 0.481 e. The molecule has 0 bridgehead atoms. The highest BCUT2D eigenvalue weighted by atomic mass is 19.4. The molecule has 2 rings (SSSR count). The van der Waals surface area contributed by atoms with Crippen molar-refractivity contribution in [2.75, 3.05) is 5.73 Å². The Kier molecular flexibility index (Phi) is 2.47. The number of benzene rings is 1. The first-order chi connectivity index (χ1) is 8.34. The maximum Gasteiger partial charge on any atom is 0.481 e. The van der Waals surface area contributed by atoms with Gasteiger partial charge in [0.2, 0.25) is 5.39 Å². The fourth-order valence-corrected chi connectivity index (χ4v) is 1.59. The number of nitrogens with zero attached hydrogens (tertiary/aromatic N) is 2. The molecule has 8 heteroatoms. The van der Waals surface area contributed by atoms with Gasteiger partial charge in [-0.3, -0.25) is 0 Å². The van der Waals surface area contributed by atoms with Gasteiger partial charge in [-0.2, -0.15) is 13.2 Å². The van der Waals surface area contributed by atoms with Crippen LogP contribution in [0.15, 0.2) is 27.4 Å². The zero-order valence-electron chi connectivity index (χ0n) is 8.65. The third-order valence-corrected chi connectivity index (χ3v) is 2.29. The number of fused-ring (bicyclic) bond motifs is 1. The summed E-state index contributed by atoms with van der Waals surface area (Å²) in [4.78, 5) is 13.6. The monoisotopic (exact) mass is 256 g/mol. The summed E-state index contributed by atoms with van der Waals surface area (Å²) in [5.41, 5.74) is 1.30. The number of anilines is 1. The highest BCUT2D eigenvalue weighted by molar-refractivity contribution is 5.87. The predicted octanol–water partition coefficient (Wildman–Crippen LogP) is 2.88. The van der Waals surface area contributed by atoms with E-state index in [9.17, 15) is 18.0 Å². The van der Waals surface area contributed by atoms with Crippen LogP contribution in [0.2, 0.25) is 0 Å². The van der Waals surface area contributed by atoms with Gasteiger partial charge in [-0.1, -0.05) is 0 Å². The number of rotatable bonds is 0. The number of hydrogen-bond donors (Lipinski definition) is 1. The standard InChI is InChI=1S/C10H4F3N3O2/c11-10(12,13)7-5-2-1-4(14)3-6(5)18-9(17)8(7)16-15/h1-3H,(H-,14,17)/p+1. The molecule has 0 fully saturated rings. The van der Waals surface area contributed by atoms with Gasteiger partial charge in [0.25, 0.3) is 0 Å². The van der Waals surface area contributed by atoms with Crippen molar-refractivity contribution in [3.8, 4) is 0 Å². The second-order valence-corrected chi connectivity index (χ2v) is 3.47. The molecule has 0 saturated heterocycles. The summed E-state index contributed by atoms with van der Waals surface area (Å²) in [6, 6.07) is 3.36. The SMILES string of the molecule is N#[N+]c1c(C(F)(F)F)c2ccc(N)cc2oc1=O. The predicted molar refractivity (Wildman–Crippen MR) is 56.6 cm³/mol. The molecule has 0 aliphatic carbocycles. The van der Waals surface area contributed by atoms with E-state index in [4.69, 9.17) is 11.1 Å². The Morgan fingerprint density at radius 1 is 1.33 bits per heavy atom. The number of diazo groups is 1. The summed E-state index contributed by atoms with van der Waals surface area (Å²) in [5.74, 6) is 0. The van der Waals surface area contributed by atoms with E-state index in [1.165, 1.54) is 6.07 Å². The lowest BCUT2D eigenvalue weighted by Gasteiger charge is -2.06. The Labute approximate surface area is 97.2 Å². The van der Waals surface area contributed by atoms with Gasteiger partial charge in [0.05, 0.1) is 0 Å². The van der Waals surface area contributed by atoms with E-state index in [0.29, 0.717) is 0 Å².